The van der Waals surface area contributed by atoms with Crippen LogP contribution in [0.1, 0.15) is 12.0 Å². The van der Waals surface area contributed by atoms with E-state index in [0.717, 1.165) is 18.7 Å². The van der Waals surface area contributed by atoms with Crippen LogP contribution in [0.25, 0.3) is 0 Å². The van der Waals surface area contributed by atoms with Crippen LogP contribution < -0.4 is 5.32 Å². The highest BCUT2D eigenvalue weighted by molar-refractivity contribution is 5.67. The second-order valence-corrected chi connectivity index (χ2v) is 4.88. The van der Waals surface area contributed by atoms with Gasteiger partial charge in [0.05, 0.1) is 6.42 Å². The van der Waals surface area contributed by atoms with Crippen molar-refractivity contribution in [1.82, 2.24) is 10.2 Å². The monoisotopic (exact) mass is 268 g/mol. The largest absolute Gasteiger partial charge is 0.481 e. The molecule has 106 valence electrons. The van der Waals surface area contributed by atoms with Crippen molar-refractivity contribution in [2.75, 3.05) is 27.2 Å². The first kappa shape index (κ1) is 15.6. The molecule has 0 spiro atoms. The Balaban J connectivity index is 2.53. The average molecular weight is 268 g/mol. The maximum Gasteiger partial charge on any atom is 0.304 e. The Kier molecular flexibility index (Phi) is 6.45. The molecule has 0 saturated carbocycles. The molecule has 0 fully saturated rings. The summed E-state index contributed by atoms with van der Waals surface area (Å²) in [6, 6.07) is 6.04. The zero-order chi connectivity index (χ0) is 14.3. The van der Waals surface area contributed by atoms with Crippen LogP contribution in [0.5, 0.6) is 0 Å². The van der Waals surface area contributed by atoms with E-state index in [0.29, 0.717) is 6.42 Å². The summed E-state index contributed by atoms with van der Waals surface area (Å²) in [5, 5.41) is 12.1. The highest BCUT2D eigenvalue weighted by Gasteiger charge is 2.13. The number of hydrogen-bond donors (Lipinski definition) is 2. The minimum absolute atomic E-state index is 0.0603. The molecule has 0 radical (unpaired) electrons. The molecule has 0 amide bonds. The number of rotatable bonds is 8. The van der Waals surface area contributed by atoms with Crippen LogP contribution in [0.2, 0.25) is 0 Å². The van der Waals surface area contributed by atoms with Crippen LogP contribution in [-0.4, -0.2) is 49.2 Å². The van der Waals surface area contributed by atoms with E-state index in [2.05, 4.69) is 5.32 Å². The zero-order valence-corrected chi connectivity index (χ0v) is 11.4. The van der Waals surface area contributed by atoms with Gasteiger partial charge in [-0.25, -0.2) is 4.39 Å². The highest BCUT2D eigenvalue weighted by atomic mass is 19.1. The predicted molar refractivity (Wildman–Crippen MR) is 72.7 cm³/mol. The number of nitrogens with one attached hydrogen (secondary N) is 1. The third-order valence-electron chi connectivity index (χ3n) is 2.81. The Morgan fingerprint density at radius 3 is 2.53 bits per heavy atom. The normalized spacial score (nSPS) is 12.6. The van der Waals surface area contributed by atoms with Crippen LogP contribution in [0.3, 0.4) is 0 Å². The minimum Gasteiger partial charge on any atom is -0.481 e. The summed E-state index contributed by atoms with van der Waals surface area (Å²) in [5.74, 6) is -1.11. The smallest absolute Gasteiger partial charge is 0.304 e. The van der Waals surface area contributed by atoms with Crippen LogP contribution in [0.15, 0.2) is 24.3 Å². The van der Waals surface area contributed by atoms with Crippen molar-refractivity contribution in [1.29, 1.82) is 0 Å². The Morgan fingerprint density at radius 1 is 1.37 bits per heavy atom. The summed E-state index contributed by atoms with van der Waals surface area (Å²) in [6.07, 6.45) is 0.644. The standard InChI is InChI=1S/C14H21FN2O2/c1-17(2)8-7-16-13(10-14(18)19)9-11-3-5-12(15)6-4-11/h3-6,13,16H,7-10H2,1-2H3,(H,18,19). The van der Waals surface area contributed by atoms with Crippen molar-refractivity contribution < 1.29 is 14.3 Å². The van der Waals surface area contributed by atoms with Crippen LogP contribution in [0, 0.1) is 5.82 Å². The molecule has 0 bridgehead atoms. The molecular weight excluding hydrogens is 247 g/mol. The summed E-state index contributed by atoms with van der Waals surface area (Å²) in [4.78, 5) is 12.9. The lowest BCUT2D eigenvalue weighted by Crippen LogP contribution is -2.37. The number of hydrogen-bond acceptors (Lipinski definition) is 3. The number of carbonyl (C=O) groups is 1. The molecule has 1 atom stereocenters. The number of benzene rings is 1. The molecule has 1 rings (SSSR count). The fourth-order valence-corrected chi connectivity index (χ4v) is 1.82. The lowest BCUT2D eigenvalue weighted by atomic mass is 10.0. The molecule has 0 heterocycles. The Labute approximate surface area is 113 Å². The van der Waals surface area contributed by atoms with Crippen molar-refractivity contribution in [2.24, 2.45) is 0 Å². The maximum atomic E-state index is 12.8. The van der Waals surface area contributed by atoms with E-state index < -0.39 is 5.97 Å². The molecule has 19 heavy (non-hydrogen) atoms. The predicted octanol–water partition coefficient (Wildman–Crippen LogP) is 1.36. The van der Waals surface area contributed by atoms with Crippen molar-refractivity contribution >= 4 is 5.97 Å². The van der Waals surface area contributed by atoms with Crippen molar-refractivity contribution in [3.8, 4) is 0 Å². The molecule has 0 aliphatic rings. The molecule has 1 aromatic rings. The average Bonchev–Trinajstić information content (AvgIpc) is 2.30. The van der Waals surface area contributed by atoms with Gasteiger partial charge in [0.1, 0.15) is 5.82 Å². The molecule has 4 nitrogen and oxygen atoms in total. The Bertz CT molecular complexity index is 393. The van der Waals surface area contributed by atoms with Crippen LogP contribution in [-0.2, 0) is 11.2 Å². The maximum absolute atomic E-state index is 12.8. The number of likely N-dealkylation sites (N-methyl/N-ethyl adjacent to an activating group) is 1. The summed E-state index contributed by atoms with van der Waals surface area (Å²) >= 11 is 0. The van der Waals surface area contributed by atoms with E-state index in [1.807, 2.05) is 19.0 Å². The van der Waals surface area contributed by atoms with Gasteiger partial charge in [-0.1, -0.05) is 12.1 Å². The second-order valence-electron chi connectivity index (χ2n) is 4.88. The number of aliphatic carboxylic acids is 1. The molecule has 2 N–H and O–H groups in total. The van der Waals surface area contributed by atoms with E-state index in [9.17, 15) is 9.18 Å². The van der Waals surface area contributed by atoms with Crippen molar-refractivity contribution in [3.63, 3.8) is 0 Å². The van der Waals surface area contributed by atoms with E-state index in [1.165, 1.54) is 12.1 Å². The number of carboxylic acid groups (broad SMARTS) is 1. The van der Waals surface area contributed by atoms with E-state index in [-0.39, 0.29) is 18.3 Å². The van der Waals surface area contributed by atoms with Crippen LogP contribution >= 0.6 is 0 Å². The highest BCUT2D eigenvalue weighted by Crippen LogP contribution is 2.08. The SMILES string of the molecule is CN(C)CCNC(CC(=O)O)Cc1ccc(F)cc1. The summed E-state index contributed by atoms with van der Waals surface area (Å²) in [5.41, 5.74) is 0.935. The fourth-order valence-electron chi connectivity index (χ4n) is 1.82. The third-order valence-corrected chi connectivity index (χ3v) is 2.81. The van der Waals surface area contributed by atoms with Gasteiger partial charge in [-0.3, -0.25) is 4.79 Å². The summed E-state index contributed by atoms with van der Waals surface area (Å²) in [7, 11) is 3.93. The number of halogens is 1. The molecule has 1 aromatic carbocycles. The first-order valence-electron chi connectivity index (χ1n) is 6.31. The number of nitrogens with zero attached hydrogens (tertiary/aromatic N) is 1. The summed E-state index contributed by atoms with van der Waals surface area (Å²) in [6.45, 7) is 1.58. The van der Waals surface area contributed by atoms with Gasteiger partial charge in [0.2, 0.25) is 0 Å². The van der Waals surface area contributed by atoms with E-state index >= 15 is 0 Å². The van der Waals surface area contributed by atoms with Gasteiger partial charge in [0.15, 0.2) is 0 Å². The molecule has 0 saturated heterocycles. The lowest BCUT2D eigenvalue weighted by Gasteiger charge is -2.18. The van der Waals surface area contributed by atoms with Crippen molar-refractivity contribution in [3.05, 3.63) is 35.6 Å². The van der Waals surface area contributed by atoms with Crippen molar-refractivity contribution in [2.45, 2.75) is 18.9 Å². The molecule has 5 heteroatoms. The lowest BCUT2D eigenvalue weighted by molar-refractivity contribution is -0.137. The first-order chi connectivity index (χ1) is 8.97. The molecule has 0 aliphatic heterocycles. The summed E-state index contributed by atoms with van der Waals surface area (Å²) < 4.78 is 12.8. The second kappa shape index (κ2) is 7.86. The van der Waals surface area contributed by atoms with Gasteiger partial charge in [0, 0.05) is 19.1 Å². The van der Waals surface area contributed by atoms with Gasteiger partial charge in [-0.2, -0.15) is 0 Å². The topological polar surface area (TPSA) is 52.6 Å². The van der Waals surface area contributed by atoms with E-state index in [4.69, 9.17) is 5.11 Å². The third kappa shape index (κ3) is 6.88. The van der Waals surface area contributed by atoms with Gasteiger partial charge >= 0.3 is 5.97 Å². The molecular formula is C14H21FN2O2. The molecule has 0 aliphatic carbocycles. The molecule has 1 unspecified atom stereocenters. The Hall–Kier alpha value is -1.46. The first-order valence-corrected chi connectivity index (χ1v) is 6.31. The zero-order valence-electron chi connectivity index (χ0n) is 11.4. The minimum atomic E-state index is -0.829. The quantitative estimate of drug-likeness (QED) is 0.747. The Morgan fingerprint density at radius 2 is 2.00 bits per heavy atom. The van der Waals surface area contributed by atoms with Gasteiger partial charge in [-0.05, 0) is 38.2 Å². The molecule has 0 aromatic heterocycles. The van der Waals surface area contributed by atoms with Gasteiger partial charge < -0.3 is 15.3 Å². The van der Waals surface area contributed by atoms with Gasteiger partial charge in [0.25, 0.3) is 0 Å². The number of carboxylic acids is 1. The fraction of sp³-hybridized carbons (Fsp3) is 0.500. The van der Waals surface area contributed by atoms with Crippen LogP contribution in [0.4, 0.5) is 4.39 Å². The van der Waals surface area contributed by atoms with Gasteiger partial charge in [-0.15, -0.1) is 0 Å². The van der Waals surface area contributed by atoms with E-state index in [1.54, 1.807) is 12.1 Å².